The lowest BCUT2D eigenvalue weighted by Gasteiger charge is -2.34. The molecule has 0 saturated carbocycles. The average Bonchev–Trinajstić information content (AvgIpc) is 3.11. The van der Waals surface area contributed by atoms with Crippen LogP contribution >= 0.6 is 0 Å². The molecule has 1 aromatic rings. The fourth-order valence-corrected chi connectivity index (χ4v) is 5.06. The Bertz CT molecular complexity index is 523. The summed E-state index contributed by atoms with van der Waals surface area (Å²) >= 11 is 0. The average molecular weight is 343 g/mol. The molecule has 3 fully saturated rings. The summed E-state index contributed by atoms with van der Waals surface area (Å²) in [4.78, 5) is 5.35. The number of likely N-dealkylation sites (tertiary alicyclic amines) is 1. The van der Waals surface area contributed by atoms with E-state index in [4.69, 9.17) is 4.74 Å². The second-order valence-electron chi connectivity index (χ2n) is 8.15. The van der Waals surface area contributed by atoms with Crippen LogP contribution in [0.25, 0.3) is 0 Å². The van der Waals surface area contributed by atoms with E-state index < -0.39 is 0 Å². The van der Waals surface area contributed by atoms with Gasteiger partial charge < -0.3 is 9.64 Å². The van der Waals surface area contributed by atoms with Crippen molar-refractivity contribution in [3.8, 4) is 5.75 Å². The fourth-order valence-electron chi connectivity index (χ4n) is 5.06. The van der Waals surface area contributed by atoms with Gasteiger partial charge in [0.25, 0.3) is 0 Å². The second-order valence-corrected chi connectivity index (χ2v) is 8.15. The first-order valence-electron chi connectivity index (χ1n) is 10.6. The number of rotatable bonds is 6. The van der Waals surface area contributed by atoms with Crippen molar-refractivity contribution in [3.63, 3.8) is 0 Å². The highest BCUT2D eigenvalue weighted by Gasteiger charge is 2.35. The van der Waals surface area contributed by atoms with Gasteiger partial charge in [0.15, 0.2) is 0 Å². The Morgan fingerprint density at radius 2 is 1.64 bits per heavy atom. The third kappa shape index (κ3) is 4.38. The summed E-state index contributed by atoms with van der Waals surface area (Å²) in [5.41, 5.74) is 1.49. The summed E-state index contributed by atoms with van der Waals surface area (Å²) in [6, 6.07) is 10.5. The zero-order valence-electron chi connectivity index (χ0n) is 15.7. The Balaban J connectivity index is 1.23. The van der Waals surface area contributed by atoms with Gasteiger partial charge in [-0.05, 0) is 82.3 Å². The Labute approximate surface area is 153 Å². The van der Waals surface area contributed by atoms with E-state index in [1.165, 1.54) is 83.1 Å². The number of hydrogen-bond acceptors (Lipinski definition) is 3. The molecule has 0 aliphatic carbocycles. The zero-order chi connectivity index (χ0) is 16.9. The lowest BCUT2D eigenvalue weighted by Crippen LogP contribution is -2.35. The maximum absolute atomic E-state index is 5.98. The van der Waals surface area contributed by atoms with E-state index in [1.807, 2.05) is 0 Å². The van der Waals surface area contributed by atoms with Gasteiger partial charge in [0.2, 0.25) is 0 Å². The Morgan fingerprint density at radius 1 is 0.840 bits per heavy atom. The van der Waals surface area contributed by atoms with Crippen LogP contribution in [0, 0.1) is 0 Å². The summed E-state index contributed by atoms with van der Waals surface area (Å²) < 4.78 is 5.98. The number of ether oxygens (including phenoxy) is 1. The molecule has 0 amide bonds. The molecule has 3 heteroatoms. The van der Waals surface area contributed by atoms with E-state index in [-0.39, 0.29) is 0 Å². The highest BCUT2D eigenvalue weighted by molar-refractivity contribution is 5.30. The van der Waals surface area contributed by atoms with Crippen molar-refractivity contribution in [2.75, 3.05) is 32.8 Å². The topological polar surface area (TPSA) is 15.7 Å². The summed E-state index contributed by atoms with van der Waals surface area (Å²) in [7, 11) is 0. The molecule has 3 saturated heterocycles. The number of fused-ring (bicyclic) bond motifs is 1. The predicted molar refractivity (Wildman–Crippen MR) is 103 cm³/mol. The van der Waals surface area contributed by atoms with Crippen LogP contribution in [0.3, 0.4) is 0 Å². The molecule has 0 bridgehead atoms. The molecule has 3 heterocycles. The predicted octanol–water partition coefficient (Wildman–Crippen LogP) is 4.63. The van der Waals surface area contributed by atoms with Crippen LogP contribution in [0.15, 0.2) is 24.3 Å². The molecule has 0 radical (unpaired) electrons. The van der Waals surface area contributed by atoms with Crippen molar-refractivity contribution >= 4 is 0 Å². The highest BCUT2D eigenvalue weighted by atomic mass is 16.5. The first kappa shape index (κ1) is 17.4. The molecule has 1 aromatic carbocycles. The lowest BCUT2D eigenvalue weighted by atomic mass is 10.0. The van der Waals surface area contributed by atoms with Crippen LogP contribution in [0.5, 0.6) is 5.75 Å². The van der Waals surface area contributed by atoms with Gasteiger partial charge in [0, 0.05) is 18.6 Å². The van der Waals surface area contributed by atoms with Crippen LogP contribution in [-0.2, 0) is 0 Å². The number of piperidine rings is 2. The Kier molecular flexibility index (Phi) is 5.94. The third-order valence-corrected chi connectivity index (χ3v) is 6.45. The van der Waals surface area contributed by atoms with Gasteiger partial charge in [-0.1, -0.05) is 25.0 Å². The largest absolute Gasteiger partial charge is 0.494 e. The van der Waals surface area contributed by atoms with Crippen molar-refractivity contribution in [3.05, 3.63) is 29.8 Å². The van der Waals surface area contributed by atoms with E-state index in [2.05, 4.69) is 34.1 Å². The van der Waals surface area contributed by atoms with Crippen molar-refractivity contribution in [2.45, 2.75) is 69.9 Å². The molecule has 4 rings (SSSR count). The Hall–Kier alpha value is -1.06. The molecule has 0 N–H and O–H groups in total. The van der Waals surface area contributed by atoms with Gasteiger partial charge in [0.1, 0.15) is 5.75 Å². The van der Waals surface area contributed by atoms with E-state index in [0.29, 0.717) is 6.04 Å². The minimum Gasteiger partial charge on any atom is -0.494 e. The van der Waals surface area contributed by atoms with E-state index in [0.717, 1.165) is 24.8 Å². The van der Waals surface area contributed by atoms with Crippen molar-refractivity contribution in [1.29, 1.82) is 0 Å². The molecular weight excluding hydrogens is 308 g/mol. The first-order chi connectivity index (χ1) is 12.4. The quantitative estimate of drug-likeness (QED) is 0.701. The van der Waals surface area contributed by atoms with Gasteiger partial charge in [-0.3, -0.25) is 4.90 Å². The van der Waals surface area contributed by atoms with Gasteiger partial charge in [-0.2, -0.15) is 0 Å². The van der Waals surface area contributed by atoms with Crippen LogP contribution < -0.4 is 4.74 Å². The van der Waals surface area contributed by atoms with Crippen LogP contribution in [0.1, 0.15) is 69.4 Å². The molecule has 25 heavy (non-hydrogen) atoms. The standard InChI is InChI=1S/C22H34N2O/c1-3-14-23(15-4-1)16-6-18-25-21-11-8-19(9-12-21)22-13-10-20-7-2-5-17-24(20)22/h8-9,11-12,20,22H,1-7,10,13-18H2/t20-,22+/m1/s1. The van der Waals surface area contributed by atoms with Crippen molar-refractivity contribution in [1.82, 2.24) is 9.80 Å². The molecule has 3 aliphatic heterocycles. The summed E-state index contributed by atoms with van der Waals surface area (Å²) in [5, 5.41) is 0. The number of benzene rings is 1. The van der Waals surface area contributed by atoms with E-state index in [9.17, 15) is 0 Å². The van der Waals surface area contributed by atoms with E-state index in [1.54, 1.807) is 0 Å². The van der Waals surface area contributed by atoms with Gasteiger partial charge >= 0.3 is 0 Å². The molecular formula is C22H34N2O. The number of hydrogen-bond donors (Lipinski definition) is 0. The minimum absolute atomic E-state index is 0.651. The van der Waals surface area contributed by atoms with Crippen molar-refractivity contribution in [2.24, 2.45) is 0 Å². The lowest BCUT2D eigenvalue weighted by molar-refractivity contribution is 0.150. The van der Waals surface area contributed by atoms with Crippen LogP contribution in [-0.4, -0.2) is 48.6 Å². The normalized spacial score (nSPS) is 28.0. The van der Waals surface area contributed by atoms with Gasteiger partial charge in [0.05, 0.1) is 6.61 Å². The molecule has 3 aliphatic rings. The first-order valence-corrected chi connectivity index (χ1v) is 10.6. The number of nitrogens with zero attached hydrogens (tertiary/aromatic N) is 2. The molecule has 0 aromatic heterocycles. The SMILES string of the molecule is c1cc([C@@H]2CC[C@H]3CCCCN32)ccc1OCCCN1CCCCC1. The molecule has 0 spiro atoms. The van der Waals surface area contributed by atoms with Crippen LogP contribution in [0.4, 0.5) is 0 Å². The molecule has 0 unspecified atom stereocenters. The summed E-state index contributed by atoms with van der Waals surface area (Å²) in [5.74, 6) is 1.04. The minimum atomic E-state index is 0.651. The van der Waals surface area contributed by atoms with E-state index >= 15 is 0 Å². The van der Waals surface area contributed by atoms with Gasteiger partial charge in [-0.15, -0.1) is 0 Å². The maximum atomic E-state index is 5.98. The Morgan fingerprint density at radius 3 is 2.48 bits per heavy atom. The second kappa shape index (κ2) is 8.55. The smallest absolute Gasteiger partial charge is 0.119 e. The summed E-state index contributed by atoms with van der Waals surface area (Å²) in [6.45, 7) is 5.90. The highest BCUT2D eigenvalue weighted by Crippen LogP contribution is 2.40. The van der Waals surface area contributed by atoms with Crippen molar-refractivity contribution < 1.29 is 4.74 Å². The molecule has 2 atom stereocenters. The maximum Gasteiger partial charge on any atom is 0.119 e. The third-order valence-electron chi connectivity index (χ3n) is 6.45. The molecule has 138 valence electrons. The zero-order valence-corrected chi connectivity index (χ0v) is 15.7. The van der Waals surface area contributed by atoms with Crippen LogP contribution in [0.2, 0.25) is 0 Å². The van der Waals surface area contributed by atoms with Gasteiger partial charge in [-0.25, -0.2) is 0 Å². The monoisotopic (exact) mass is 342 g/mol. The fraction of sp³-hybridized carbons (Fsp3) is 0.727. The molecule has 3 nitrogen and oxygen atoms in total. The summed E-state index contributed by atoms with van der Waals surface area (Å²) in [6.07, 6.45) is 12.2.